The Balaban J connectivity index is 1.74. The number of hydrogen-bond acceptors (Lipinski definition) is 3. The van der Waals surface area contributed by atoms with Crippen LogP contribution >= 0.6 is 0 Å². The molecule has 1 aromatic rings. The van der Waals surface area contributed by atoms with Gasteiger partial charge in [0.05, 0.1) is 5.69 Å². The molecule has 2 aliphatic heterocycles. The van der Waals surface area contributed by atoms with E-state index in [1.165, 1.54) is 18.5 Å². The van der Waals surface area contributed by atoms with Crippen molar-refractivity contribution in [3.63, 3.8) is 0 Å². The molecule has 3 rings (SSSR count). The van der Waals surface area contributed by atoms with E-state index in [2.05, 4.69) is 23.0 Å². The quantitative estimate of drug-likeness (QED) is 0.916. The van der Waals surface area contributed by atoms with Crippen molar-refractivity contribution in [2.75, 3.05) is 0 Å². The minimum Gasteiger partial charge on any atom is -0.481 e. The van der Waals surface area contributed by atoms with Gasteiger partial charge in [-0.1, -0.05) is 0 Å². The Kier molecular flexibility index (Phi) is 3.54. The molecule has 3 atom stereocenters. The topological polar surface area (TPSA) is 58.4 Å². The number of rotatable bonds is 4. The Morgan fingerprint density at radius 1 is 1.45 bits per heavy atom. The van der Waals surface area contributed by atoms with Gasteiger partial charge in [-0.3, -0.25) is 14.4 Å². The van der Waals surface area contributed by atoms with Gasteiger partial charge in [0.25, 0.3) is 0 Å². The summed E-state index contributed by atoms with van der Waals surface area (Å²) in [4.78, 5) is 13.5. The highest BCUT2D eigenvalue weighted by atomic mass is 16.4. The zero-order chi connectivity index (χ0) is 14.3. The molecule has 0 amide bonds. The molecule has 2 fully saturated rings. The summed E-state index contributed by atoms with van der Waals surface area (Å²) in [7, 11) is 1.99. The molecule has 0 saturated carbocycles. The number of carboxylic acids is 1. The number of aryl methyl sites for hydroxylation is 1. The first-order chi connectivity index (χ1) is 9.56. The van der Waals surface area contributed by atoms with Crippen LogP contribution in [0.2, 0.25) is 0 Å². The predicted molar refractivity (Wildman–Crippen MR) is 75.2 cm³/mol. The second-order valence-corrected chi connectivity index (χ2v) is 6.32. The van der Waals surface area contributed by atoms with Gasteiger partial charge < -0.3 is 5.11 Å². The third kappa shape index (κ3) is 2.35. The molecule has 2 bridgehead atoms. The number of aromatic nitrogens is 2. The van der Waals surface area contributed by atoms with Crippen LogP contribution in [0.1, 0.15) is 50.8 Å². The molecule has 0 radical (unpaired) electrons. The number of carboxylic acid groups (broad SMARTS) is 1. The van der Waals surface area contributed by atoms with Crippen LogP contribution in [0.5, 0.6) is 0 Å². The summed E-state index contributed by atoms with van der Waals surface area (Å²) in [5, 5.41) is 13.3. The molecule has 0 aromatic carbocycles. The Bertz CT molecular complexity index is 485. The number of carbonyl (C=O) groups is 1. The van der Waals surface area contributed by atoms with E-state index in [0.717, 1.165) is 12.8 Å². The number of hydrogen-bond donors (Lipinski definition) is 1. The first kappa shape index (κ1) is 13.6. The van der Waals surface area contributed by atoms with Crippen LogP contribution in [0.4, 0.5) is 0 Å². The van der Waals surface area contributed by atoms with Gasteiger partial charge in [0.2, 0.25) is 0 Å². The highest BCUT2D eigenvalue weighted by Crippen LogP contribution is 2.44. The lowest BCUT2D eigenvalue weighted by Crippen LogP contribution is -2.45. The first-order valence-corrected chi connectivity index (χ1v) is 7.53. The molecule has 5 heteroatoms. The van der Waals surface area contributed by atoms with Crippen molar-refractivity contribution in [3.8, 4) is 0 Å². The van der Waals surface area contributed by atoms with Crippen LogP contribution in [0.25, 0.3) is 0 Å². The van der Waals surface area contributed by atoms with E-state index < -0.39 is 5.97 Å². The molecule has 1 aromatic heterocycles. The summed E-state index contributed by atoms with van der Waals surface area (Å²) in [6, 6.07) is 3.55. The van der Waals surface area contributed by atoms with Crippen molar-refractivity contribution in [2.45, 2.75) is 57.2 Å². The molecule has 2 saturated heterocycles. The summed E-state index contributed by atoms with van der Waals surface area (Å²) in [5.41, 5.74) is 1.25. The highest BCUT2D eigenvalue weighted by molar-refractivity contribution is 5.67. The molecule has 0 aliphatic carbocycles. The SMILES string of the molecule is CC(c1ccnn1C)N1C2CCC1CC(CC(=O)O)C2. The summed E-state index contributed by atoms with van der Waals surface area (Å²) < 4.78 is 1.95. The standard InChI is InChI=1S/C15H23N3O2/c1-10(14-5-6-16-17(14)2)18-12-3-4-13(18)8-11(7-12)9-15(19)20/h5-6,10-13H,3-4,7-9H2,1-2H3,(H,19,20). The minimum absolute atomic E-state index is 0.334. The van der Waals surface area contributed by atoms with Gasteiger partial charge in [-0.15, -0.1) is 0 Å². The fourth-order valence-corrected chi connectivity index (χ4v) is 4.32. The normalized spacial score (nSPS) is 31.4. The van der Waals surface area contributed by atoms with Gasteiger partial charge in [0, 0.05) is 37.8 Å². The molecule has 3 unspecified atom stereocenters. The molecule has 0 spiro atoms. The molecule has 5 nitrogen and oxygen atoms in total. The van der Waals surface area contributed by atoms with Gasteiger partial charge >= 0.3 is 5.97 Å². The second kappa shape index (κ2) is 5.20. The minimum atomic E-state index is -0.650. The summed E-state index contributed by atoms with van der Waals surface area (Å²) in [6.07, 6.45) is 6.67. The maximum absolute atomic E-state index is 10.9. The van der Waals surface area contributed by atoms with Crippen LogP contribution in [-0.2, 0) is 11.8 Å². The van der Waals surface area contributed by atoms with Gasteiger partial charge in [-0.25, -0.2) is 0 Å². The Labute approximate surface area is 119 Å². The van der Waals surface area contributed by atoms with E-state index in [-0.39, 0.29) is 0 Å². The van der Waals surface area contributed by atoms with E-state index in [4.69, 9.17) is 5.11 Å². The van der Waals surface area contributed by atoms with Gasteiger partial charge in [0.15, 0.2) is 0 Å². The number of aliphatic carboxylic acids is 1. The summed E-state index contributed by atoms with van der Waals surface area (Å²) in [6.45, 7) is 2.25. The van der Waals surface area contributed by atoms with Gasteiger partial charge in [0.1, 0.15) is 0 Å². The van der Waals surface area contributed by atoms with Crippen molar-refractivity contribution >= 4 is 5.97 Å². The molecule has 110 valence electrons. The molecular weight excluding hydrogens is 254 g/mol. The predicted octanol–water partition coefficient (Wildman–Crippen LogP) is 2.20. The second-order valence-electron chi connectivity index (χ2n) is 6.32. The lowest BCUT2D eigenvalue weighted by Gasteiger charge is -2.42. The molecular formula is C15H23N3O2. The maximum atomic E-state index is 10.9. The smallest absolute Gasteiger partial charge is 0.303 e. The maximum Gasteiger partial charge on any atom is 0.303 e. The fraction of sp³-hybridized carbons (Fsp3) is 0.733. The van der Waals surface area contributed by atoms with Gasteiger partial charge in [-0.2, -0.15) is 5.10 Å². The number of fused-ring (bicyclic) bond motifs is 2. The number of nitrogens with zero attached hydrogens (tertiary/aromatic N) is 3. The van der Waals surface area contributed by atoms with E-state index >= 15 is 0 Å². The summed E-state index contributed by atoms with van der Waals surface area (Å²) >= 11 is 0. The van der Waals surface area contributed by atoms with Crippen molar-refractivity contribution in [1.82, 2.24) is 14.7 Å². The van der Waals surface area contributed by atoms with E-state index in [1.807, 2.05) is 17.9 Å². The molecule has 2 aliphatic rings. The highest BCUT2D eigenvalue weighted by Gasteiger charge is 2.43. The average Bonchev–Trinajstić information content (AvgIpc) is 2.90. The van der Waals surface area contributed by atoms with E-state index in [9.17, 15) is 4.79 Å². The van der Waals surface area contributed by atoms with Crippen molar-refractivity contribution < 1.29 is 9.90 Å². The van der Waals surface area contributed by atoms with Crippen molar-refractivity contribution in [2.24, 2.45) is 13.0 Å². The van der Waals surface area contributed by atoms with Crippen molar-refractivity contribution in [3.05, 3.63) is 18.0 Å². The lowest BCUT2D eigenvalue weighted by molar-refractivity contribution is -0.138. The van der Waals surface area contributed by atoms with Crippen LogP contribution in [-0.4, -0.2) is 37.8 Å². The first-order valence-electron chi connectivity index (χ1n) is 7.53. The third-order valence-electron chi connectivity index (χ3n) is 5.08. The average molecular weight is 277 g/mol. The third-order valence-corrected chi connectivity index (χ3v) is 5.08. The monoisotopic (exact) mass is 277 g/mol. The van der Waals surface area contributed by atoms with Crippen LogP contribution < -0.4 is 0 Å². The van der Waals surface area contributed by atoms with Gasteiger partial charge in [-0.05, 0) is 44.6 Å². The molecule has 20 heavy (non-hydrogen) atoms. The Hall–Kier alpha value is -1.36. The summed E-state index contributed by atoms with van der Waals surface area (Å²) in [5.74, 6) is -0.289. The van der Waals surface area contributed by atoms with E-state index in [1.54, 1.807) is 0 Å². The fourth-order valence-electron chi connectivity index (χ4n) is 4.32. The van der Waals surface area contributed by atoms with E-state index in [0.29, 0.717) is 30.5 Å². The molecule has 3 heterocycles. The van der Waals surface area contributed by atoms with Crippen molar-refractivity contribution in [1.29, 1.82) is 0 Å². The zero-order valence-electron chi connectivity index (χ0n) is 12.2. The van der Waals surface area contributed by atoms with Crippen LogP contribution in [0, 0.1) is 5.92 Å². The molecule has 1 N–H and O–H groups in total. The number of piperidine rings is 1. The zero-order valence-corrected chi connectivity index (χ0v) is 12.2. The largest absolute Gasteiger partial charge is 0.481 e. The van der Waals surface area contributed by atoms with Crippen LogP contribution in [0.3, 0.4) is 0 Å². The Morgan fingerprint density at radius 3 is 2.60 bits per heavy atom. The Morgan fingerprint density at radius 2 is 2.10 bits per heavy atom. The lowest BCUT2D eigenvalue weighted by atomic mass is 9.87. The van der Waals surface area contributed by atoms with Crippen LogP contribution in [0.15, 0.2) is 12.3 Å².